The molecule has 1 heterocycles. The van der Waals surface area contributed by atoms with Crippen LogP contribution in [0.4, 0.5) is 0 Å². The van der Waals surface area contributed by atoms with E-state index >= 15 is 0 Å². The van der Waals surface area contributed by atoms with Gasteiger partial charge in [0.2, 0.25) is 0 Å². The lowest BCUT2D eigenvalue weighted by molar-refractivity contribution is 0.326. The molecule has 2 nitrogen and oxygen atoms in total. The molecule has 1 rings (SSSR count). The fraction of sp³-hybridized carbons (Fsp3) is 0.375. The third kappa shape index (κ3) is 1.46. The average molecular weight is 135 g/mol. The summed E-state index contributed by atoms with van der Waals surface area (Å²) in [5.41, 5.74) is 1.73. The van der Waals surface area contributed by atoms with Crippen molar-refractivity contribution in [2.75, 3.05) is 6.61 Å². The van der Waals surface area contributed by atoms with Crippen molar-refractivity contribution in [2.24, 2.45) is 4.99 Å². The van der Waals surface area contributed by atoms with Gasteiger partial charge in [-0.1, -0.05) is 5.92 Å². The molecule has 1 aliphatic heterocycles. The Labute approximate surface area is 60.3 Å². The van der Waals surface area contributed by atoms with Gasteiger partial charge in [0.1, 0.15) is 0 Å². The highest BCUT2D eigenvalue weighted by Gasteiger charge is 2.03. The smallest absolute Gasteiger partial charge is 0.0899 e. The van der Waals surface area contributed by atoms with Crippen molar-refractivity contribution in [1.82, 2.24) is 0 Å². The minimum atomic E-state index is 0.0986. The second-order valence-corrected chi connectivity index (χ2v) is 2.17. The van der Waals surface area contributed by atoms with Crippen LogP contribution < -0.4 is 0 Å². The predicted molar refractivity (Wildman–Crippen MR) is 40.7 cm³/mol. The molecular weight excluding hydrogens is 126 g/mol. The molecule has 0 amide bonds. The minimum absolute atomic E-state index is 0.0986. The van der Waals surface area contributed by atoms with Gasteiger partial charge in [-0.3, -0.25) is 4.99 Å². The molecule has 1 aliphatic rings. The van der Waals surface area contributed by atoms with Crippen molar-refractivity contribution < 1.29 is 5.11 Å². The van der Waals surface area contributed by atoms with Gasteiger partial charge in [0.05, 0.1) is 12.3 Å². The summed E-state index contributed by atoms with van der Waals surface area (Å²) in [5, 5.41) is 8.66. The maximum atomic E-state index is 8.66. The van der Waals surface area contributed by atoms with E-state index in [-0.39, 0.29) is 6.61 Å². The molecule has 0 saturated heterocycles. The Morgan fingerprint density at radius 1 is 1.70 bits per heavy atom. The van der Waals surface area contributed by atoms with Crippen LogP contribution in [0, 0.1) is 12.3 Å². The number of terminal acetylenes is 1. The first-order chi connectivity index (χ1) is 4.86. The van der Waals surface area contributed by atoms with Gasteiger partial charge in [-0.15, -0.1) is 6.42 Å². The molecule has 0 spiro atoms. The van der Waals surface area contributed by atoms with Gasteiger partial charge in [-0.25, -0.2) is 0 Å². The molecule has 52 valence electrons. The Kier molecular flexibility index (Phi) is 2.24. The van der Waals surface area contributed by atoms with Gasteiger partial charge in [0.15, 0.2) is 0 Å². The van der Waals surface area contributed by atoms with Crippen LogP contribution in [0.3, 0.4) is 0 Å². The normalized spacial score (nSPS) is 17.2. The molecule has 0 aromatic heterocycles. The van der Waals surface area contributed by atoms with Crippen molar-refractivity contribution in [3.05, 3.63) is 11.8 Å². The molecule has 0 bridgehead atoms. The molecule has 10 heavy (non-hydrogen) atoms. The van der Waals surface area contributed by atoms with Gasteiger partial charge in [-0.05, 0) is 12.0 Å². The standard InChI is InChI=1S/C8H9NO/c1-2-8-4-3-7(6-10)5-9-8/h1,5,10H,3-4,6H2. The fourth-order valence-corrected chi connectivity index (χ4v) is 0.807. The van der Waals surface area contributed by atoms with Crippen LogP contribution in [0.1, 0.15) is 12.8 Å². The lowest BCUT2D eigenvalue weighted by Crippen LogP contribution is -2.02. The Morgan fingerprint density at radius 3 is 2.90 bits per heavy atom. The maximum Gasteiger partial charge on any atom is 0.0899 e. The summed E-state index contributed by atoms with van der Waals surface area (Å²) in [5.74, 6) is 2.47. The molecule has 0 atom stereocenters. The van der Waals surface area contributed by atoms with Crippen molar-refractivity contribution in [3.8, 4) is 12.3 Å². The zero-order chi connectivity index (χ0) is 7.40. The Hall–Kier alpha value is -1.07. The highest BCUT2D eigenvalue weighted by Crippen LogP contribution is 2.10. The van der Waals surface area contributed by atoms with E-state index in [0.717, 1.165) is 24.1 Å². The van der Waals surface area contributed by atoms with Crippen molar-refractivity contribution in [1.29, 1.82) is 0 Å². The summed E-state index contributed by atoms with van der Waals surface area (Å²) in [6.07, 6.45) is 8.41. The lowest BCUT2D eigenvalue weighted by atomic mass is 10.1. The number of hydrogen-bond donors (Lipinski definition) is 1. The molecule has 1 N–H and O–H groups in total. The SMILES string of the molecule is C#CC1=NC=C(CO)CC1. The molecule has 0 aliphatic carbocycles. The number of rotatable bonds is 1. The molecule has 0 aromatic carbocycles. The third-order valence-corrected chi connectivity index (χ3v) is 1.46. The third-order valence-electron chi connectivity index (χ3n) is 1.46. The molecule has 2 heteroatoms. The van der Waals surface area contributed by atoms with E-state index in [1.807, 2.05) is 0 Å². The van der Waals surface area contributed by atoms with Gasteiger partial charge in [-0.2, -0.15) is 0 Å². The van der Waals surface area contributed by atoms with Crippen LogP contribution in [-0.2, 0) is 0 Å². The molecule has 0 radical (unpaired) electrons. The lowest BCUT2D eigenvalue weighted by Gasteiger charge is -2.06. The predicted octanol–water partition coefficient (Wildman–Crippen LogP) is 0.731. The monoisotopic (exact) mass is 135 g/mol. The number of aliphatic imine (C=N–C) groups is 1. The molecular formula is C8H9NO. The van der Waals surface area contributed by atoms with Crippen LogP contribution in [0.2, 0.25) is 0 Å². The summed E-state index contributed by atoms with van der Waals surface area (Å²) < 4.78 is 0. The second-order valence-electron chi connectivity index (χ2n) is 2.17. The minimum Gasteiger partial charge on any atom is -0.392 e. The summed E-state index contributed by atoms with van der Waals surface area (Å²) in [6.45, 7) is 0.0986. The van der Waals surface area contributed by atoms with Crippen molar-refractivity contribution in [3.63, 3.8) is 0 Å². The zero-order valence-corrected chi connectivity index (χ0v) is 5.67. The zero-order valence-electron chi connectivity index (χ0n) is 5.67. The number of aliphatic hydroxyl groups excluding tert-OH is 1. The van der Waals surface area contributed by atoms with Crippen molar-refractivity contribution in [2.45, 2.75) is 12.8 Å². The molecule has 0 unspecified atom stereocenters. The molecule has 0 saturated carbocycles. The first-order valence-electron chi connectivity index (χ1n) is 3.19. The van der Waals surface area contributed by atoms with Crippen molar-refractivity contribution >= 4 is 5.71 Å². The molecule has 0 fully saturated rings. The van der Waals surface area contributed by atoms with E-state index < -0.39 is 0 Å². The quantitative estimate of drug-likeness (QED) is 0.528. The summed E-state index contributed by atoms with van der Waals surface area (Å²) in [7, 11) is 0. The van der Waals surface area contributed by atoms with E-state index in [1.165, 1.54) is 0 Å². The molecule has 0 aromatic rings. The number of nitrogens with zero attached hydrogens (tertiary/aromatic N) is 1. The van der Waals surface area contributed by atoms with Gasteiger partial charge in [0.25, 0.3) is 0 Å². The van der Waals surface area contributed by atoms with Gasteiger partial charge < -0.3 is 5.11 Å². The average Bonchev–Trinajstić information content (AvgIpc) is 2.05. The van der Waals surface area contributed by atoms with Crippen LogP contribution in [0.25, 0.3) is 0 Å². The van der Waals surface area contributed by atoms with Crippen LogP contribution in [0.5, 0.6) is 0 Å². The van der Waals surface area contributed by atoms with Gasteiger partial charge in [0, 0.05) is 12.6 Å². The Morgan fingerprint density at radius 2 is 2.50 bits per heavy atom. The van der Waals surface area contributed by atoms with Crippen LogP contribution in [0.15, 0.2) is 16.8 Å². The number of aliphatic hydroxyl groups is 1. The highest BCUT2D eigenvalue weighted by molar-refractivity contribution is 6.00. The van der Waals surface area contributed by atoms with E-state index in [0.29, 0.717) is 0 Å². The topological polar surface area (TPSA) is 32.6 Å². The Bertz CT molecular complexity index is 220. The first kappa shape index (κ1) is 7.04. The number of hydrogen-bond acceptors (Lipinski definition) is 2. The fourth-order valence-electron chi connectivity index (χ4n) is 0.807. The van der Waals surface area contributed by atoms with E-state index in [9.17, 15) is 0 Å². The van der Waals surface area contributed by atoms with E-state index in [1.54, 1.807) is 6.20 Å². The van der Waals surface area contributed by atoms with E-state index in [2.05, 4.69) is 10.9 Å². The second kappa shape index (κ2) is 3.19. The van der Waals surface area contributed by atoms with Gasteiger partial charge >= 0.3 is 0 Å². The highest BCUT2D eigenvalue weighted by atomic mass is 16.3. The summed E-state index contributed by atoms with van der Waals surface area (Å²) in [4.78, 5) is 3.96. The van der Waals surface area contributed by atoms with Crippen LogP contribution >= 0.6 is 0 Å². The maximum absolute atomic E-state index is 8.66. The summed E-state index contributed by atoms with van der Waals surface area (Å²) in [6, 6.07) is 0. The summed E-state index contributed by atoms with van der Waals surface area (Å²) >= 11 is 0. The Balaban J connectivity index is 2.67. The van der Waals surface area contributed by atoms with Crippen LogP contribution in [-0.4, -0.2) is 17.4 Å². The van der Waals surface area contributed by atoms with E-state index in [4.69, 9.17) is 11.5 Å². The largest absolute Gasteiger partial charge is 0.392 e. The first-order valence-corrected chi connectivity index (χ1v) is 3.19.